The van der Waals surface area contributed by atoms with Crippen LogP contribution in [0.5, 0.6) is 5.75 Å². The van der Waals surface area contributed by atoms with E-state index in [1.54, 1.807) is 13.0 Å². The number of carbonyl (C=O) groups excluding carboxylic acids is 2. The van der Waals surface area contributed by atoms with Crippen LogP contribution in [-0.2, 0) is 14.4 Å². The first-order valence-corrected chi connectivity index (χ1v) is 7.85. The fourth-order valence-electron chi connectivity index (χ4n) is 2.75. The first kappa shape index (κ1) is 17.8. The minimum Gasteiger partial charge on any atom is -0.495 e. The molecule has 0 aromatic heterocycles. The monoisotopic (exact) mass is 334 g/mol. The van der Waals surface area contributed by atoms with E-state index >= 15 is 0 Å². The molecule has 1 aliphatic heterocycles. The lowest BCUT2D eigenvalue weighted by Gasteiger charge is -2.20. The summed E-state index contributed by atoms with van der Waals surface area (Å²) < 4.78 is 5.30. The molecule has 2 atom stereocenters. The molecule has 24 heavy (non-hydrogen) atoms. The lowest BCUT2D eigenvalue weighted by atomic mass is 10.1. The zero-order valence-electron chi connectivity index (χ0n) is 14.0. The van der Waals surface area contributed by atoms with Crippen LogP contribution in [0.25, 0.3) is 0 Å². The molecule has 0 radical (unpaired) electrons. The van der Waals surface area contributed by atoms with Crippen LogP contribution in [0.3, 0.4) is 0 Å². The van der Waals surface area contributed by atoms with Crippen molar-refractivity contribution in [2.75, 3.05) is 18.6 Å². The Kier molecular flexibility index (Phi) is 5.43. The smallest absolute Gasteiger partial charge is 0.326 e. The number of aryl methyl sites for hydroxylation is 1. The van der Waals surface area contributed by atoms with E-state index in [9.17, 15) is 14.4 Å². The molecule has 0 bridgehead atoms. The first-order chi connectivity index (χ1) is 11.4. The largest absolute Gasteiger partial charge is 0.495 e. The molecular formula is C17H22N2O5. The van der Waals surface area contributed by atoms with Gasteiger partial charge in [-0.05, 0) is 31.0 Å². The number of amides is 2. The Morgan fingerprint density at radius 1 is 1.46 bits per heavy atom. The van der Waals surface area contributed by atoms with E-state index in [2.05, 4.69) is 5.32 Å². The lowest BCUT2D eigenvalue weighted by molar-refractivity contribution is -0.142. The number of carboxylic acid groups (broad SMARTS) is 1. The van der Waals surface area contributed by atoms with Crippen molar-refractivity contribution in [3.05, 3.63) is 23.8 Å². The summed E-state index contributed by atoms with van der Waals surface area (Å²) >= 11 is 0. The summed E-state index contributed by atoms with van der Waals surface area (Å²) in [6.45, 7) is 3.80. The van der Waals surface area contributed by atoms with Gasteiger partial charge in [-0.25, -0.2) is 4.79 Å². The van der Waals surface area contributed by atoms with Crippen LogP contribution in [0, 0.1) is 12.8 Å². The quantitative estimate of drug-likeness (QED) is 0.818. The van der Waals surface area contributed by atoms with Crippen molar-refractivity contribution in [2.24, 2.45) is 5.92 Å². The van der Waals surface area contributed by atoms with Crippen LogP contribution < -0.4 is 15.0 Å². The van der Waals surface area contributed by atoms with Gasteiger partial charge in [0.1, 0.15) is 11.8 Å². The number of hydrogen-bond donors (Lipinski definition) is 2. The van der Waals surface area contributed by atoms with E-state index in [0.29, 0.717) is 11.4 Å². The summed E-state index contributed by atoms with van der Waals surface area (Å²) in [7, 11) is 1.53. The fraction of sp³-hybridized carbons (Fsp3) is 0.471. The highest BCUT2D eigenvalue weighted by Crippen LogP contribution is 2.33. The summed E-state index contributed by atoms with van der Waals surface area (Å²) in [5, 5.41) is 11.5. The molecule has 1 fully saturated rings. The highest BCUT2D eigenvalue weighted by molar-refractivity contribution is 6.01. The molecule has 2 rings (SSSR count). The number of ether oxygens (including phenoxy) is 1. The number of carboxylic acids is 1. The third kappa shape index (κ3) is 3.67. The van der Waals surface area contributed by atoms with Gasteiger partial charge in [0.05, 0.1) is 18.7 Å². The number of anilines is 1. The number of benzene rings is 1. The highest BCUT2D eigenvalue weighted by Gasteiger charge is 2.37. The van der Waals surface area contributed by atoms with Gasteiger partial charge < -0.3 is 20.1 Å². The molecule has 7 nitrogen and oxygen atoms in total. The van der Waals surface area contributed by atoms with Gasteiger partial charge in [0.25, 0.3) is 0 Å². The number of nitrogens with zero attached hydrogens (tertiary/aromatic N) is 1. The van der Waals surface area contributed by atoms with E-state index < -0.39 is 23.8 Å². The first-order valence-electron chi connectivity index (χ1n) is 7.85. The molecule has 1 aromatic carbocycles. The van der Waals surface area contributed by atoms with Crippen molar-refractivity contribution in [1.82, 2.24) is 5.32 Å². The summed E-state index contributed by atoms with van der Waals surface area (Å²) in [6, 6.07) is 4.56. The molecule has 0 unspecified atom stereocenters. The van der Waals surface area contributed by atoms with Crippen molar-refractivity contribution < 1.29 is 24.2 Å². The standard InChI is InChI=1S/C17H22N2O5/c1-4-12(17(22)23)18-16(21)11-8-15(20)19(9-11)13-7-10(2)5-6-14(13)24-3/h5-7,11-12H,4,8-9H2,1-3H3,(H,18,21)(H,22,23)/t11-,12+/m0/s1. The molecule has 1 heterocycles. The van der Waals surface area contributed by atoms with Gasteiger partial charge in [-0.2, -0.15) is 0 Å². The molecule has 0 spiro atoms. The maximum atomic E-state index is 12.3. The van der Waals surface area contributed by atoms with Crippen LogP contribution in [0.15, 0.2) is 18.2 Å². The van der Waals surface area contributed by atoms with Crippen LogP contribution in [0.2, 0.25) is 0 Å². The number of nitrogens with one attached hydrogen (secondary N) is 1. The summed E-state index contributed by atoms with van der Waals surface area (Å²) in [4.78, 5) is 37.2. The van der Waals surface area contributed by atoms with E-state index in [1.165, 1.54) is 12.0 Å². The number of hydrogen-bond acceptors (Lipinski definition) is 4. The Balaban J connectivity index is 2.15. The fourth-order valence-corrected chi connectivity index (χ4v) is 2.75. The average Bonchev–Trinajstić information content (AvgIpc) is 2.93. The molecule has 130 valence electrons. The van der Waals surface area contributed by atoms with Crippen molar-refractivity contribution >= 4 is 23.5 Å². The number of rotatable bonds is 6. The van der Waals surface area contributed by atoms with Gasteiger partial charge in [-0.1, -0.05) is 13.0 Å². The molecule has 1 saturated heterocycles. The van der Waals surface area contributed by atoms with Crippen molar-refractivity contribution in [1.29, 1.82) is 0 Å². The van der Waals surface area contributed by atoms with E-state index in [4.69, 9.17) is 9.84 Å². The molecule has 0 aliphatic carbocycles. The summed E-state index contributed by atoms with van der Waals surface area (Å²) in [5.74, 6) is -1.68. The molecular weight excluding hydrogens is 312 g/mol. The predicted molar refractivity (Wildman–Crippen MR) is 88.0 cm³/mol. The molecule has 2 N–H and O–H groups in total. The van der Waals surface area contributed by atoms with Crippen molar-refractivity contribution in [3.8, 4) is 5.75 Å². The zero-order chi connectivity index (χ0) is 17.9. The summed E-state index contributed by atoms with van der Waals surface area (Å²) in [5.41, 5.74) is 1.60. The van der Waals surface area contributed by atoms with E-state index in [0.717, 1.165) is 5.56 Å². The Morgan fingerprint density at radius 3 is 2.75 bits per heavy atom. The Hall–Kier alpha value is -2.57. The normalized spacial score (nSPS) is 18.4. The molecule has 1 aliphatic rings. The maximum Gasteiger partial charge on any atom is 0.326 e. The summed E-state index contributed by atoms with van der Waals surface area (Å²) in [6.07, 6.45) is 0.343. The number of methoxy groups -OCH3 is 1. The van der Waals surface area contributed by atoms with E-state index in [1.807, 2.05) is 19.1 Å². The zero-order valence-corrected chi connectivity index (χ0v) is 14.0. The van der Waals surface area contributed by atoms with Crippen LogP contribution >= 0.6 is 0 Å². The second kappa shape index (κ2) is 7.33. The molecule has 2 amide bonds. The Morgan fingerprint density at radius 2 is 2.17 bits per heavy atom. The van der Waals surface area contributed by atoms with Gasteiger partial charge >= 0.3 is 5.97 Å². The van der Waals surface area contributed by atoms with Crippen LogP contribution in [0.1, 0.15) is 25.3 Å². The third-order valence-electron chi connectivity index (χ3n) is 4.14. The lowest BCUT2D eigenvalue weighted by Crippen LogP contribution is -2.43. The predicted octanol–water partition coefficient (Wildman–Crippen LogP) is 1.34. The highest BCUT2D eigenvalue weighted by atomic mass is 16.5. The molecule has 0 saturated carbocycles. The van der Waals surface area contributed by atoms with Crippen LogP contribution in [0.4, 0.5) is 5.69 Å². The Labute approximate surface area is 140 Å². The van der Waals surface area contributed by atoms with Crippen LogP contribution in [-0.4, -0.2) is 42.6 Å². The minimum atomic E-state index is -1.08. The minimum absolute atomic E-state index is 0.0545. The number of aliphatic carboxylic acids is 1. The molecule has 1 aromatic rings. The van der Waals surface area contributed by atoms with E-state index in [-0.39, 0.29) is 25.3 Å². The average molecular weight is 334 g/mol. The third-order valence-corrected chi connectivity index (χ3v) is 4.14. The Bertz CT molecular complexity index is 658. The van der Waals surface area contributed by atoms with Gasteiger partial charge in [0.2, 0.25) is 11.8 Å². The topological polar surface area (TPSA) is 95.9 Å². The SMILES string of the molecule is CC[C@@H](NC(=O)[C@H]1CC(=O)N(c2cc(C)ccc2OC)C1)C(=O)O. The number of carbonyl (C=O) groups is 3. The van der Waals surface area contributed by atoms with Crippen molar-refractivity contribution in [3.63, 3.8) is 0 Å². The van der Waals surface area contributed by atoms with Crippen molar-refractivity contribution in [2.45, 2.75) is 32.7 Å². The second-order valence-electron chi connectivity index (χ2n) is 5.89. The van der Waals surface area contributed by atoms with Gasteiger partial charge in [0, 0.05) is 13.0 Å². The second-order valence-corrected chi connectivity index (χ2v) is 5.89. The van der Waals surface area contributed by atoms with Gasteiger partial charge in [0.15, 0.2) is 0 Å². The maximum absolute atomic E-state index is 12.3. The van der Waals surface area contributed by atoms with Gasteiger partial charge in [-0.3, -0.25) is 9.59 Å². The van der Waals surface area contributed by atoms with Gasteiger partial charge in [-0.15, -0.1) is 0 Å². The molecule has 7 heteroatoms.